The van der Waals surface area contributed by atoms with E-state index in [-0.39, 0.29) is 17.8 Å². The second kappa shape index (κ2) is 14.4. The van der Waals surface area contributed by atoms with E-state index in [1.807, 2.05) is 30.3 Å². The molecule has 1 fully saturated rings. The third kappa shape index (κ3) is 7.76. The van der Waals surface area contributed by atoms with Gasteiger partial charge >= 0.3 is 0 Å². The average Bonchev–Trinajstić information content (AvgIpc) is 2.96. The monoisotopic (exact) mass is 536 g/mol. The summed E-state index contributed by atoms with van der Waals surface area (Å²) in [5.41, 5.74) is 3.53. The Morgan fingerprint density at radius 1 is 0.846 bits per heavy atom. The molecule has 0 unspecified atom stereocenters. The highest BCUT2D eigenvalue weighted by Gasteiger charge is 2.26. The van der Waals surface area contributed by atoms with Crippen molar-refractivity contribution in [2.24, 2.45) is 0 Å². The number of rotatable bonds is 13. The Hall–Kier alpha value is -3.05. The molecule has 1 aliphatic rings. The fraction of sp³-hybridized carbons (Fsp3) is 0.412. The normalized spacial score (nSPS) is 17.2. The van der Waals surface area contributed by atoms with Gasteiger partial charge in [0, 0.05) is 6.61 Å². The van der Waals surface area contributed by atoms with Crippen LogP contribution in [0.4, 0.5) is 13.2 Å². The van der Waals surface area contributed by atoms with Crippen molar-refractivity contribution in [3.63, 3.8) is 0 Å². The summed E-state index contributed by atoms with van der Waals surface area (Å²) in [7, 11) is 0. The Balaban J connectivity index is 1.32. The molecule has 0 heterocycles. The van der Waals surface area contributed by atoms with Crippen molar-refractivity contribution in [2.75, 3.05) is 13.2 Å². The first-order valence-corrected chi connectivity index (χ1v) is 14.2. The minimum Gasteiger partial charge on any atom is -0.490 e. The van der Waals surface area contributed by atoms with Crippen LogP contribution in [-0.2, 0) is 17.6 Å². The molecule has 2 nitrogen and oxygen atoms in total. The molecule has 0 aromatic heterocycles. The molecule has 0 spiro atoms. The van der Waals surface area contributed by atoms with Gasteiger partial charge in [-0.1, -0.05) is 61.9 Å². The van der Waals surface area contributed by atoms with E-state index in [1.54, 1.807) is 24.3 Å². The lowest BCUT2D eigenvalue weighted by molar-refractivity contribution is 0.0230. The number of unbranched alkanes of at least 4 members (excludes halogenated alkanes) is 1. The van der Waals surface area contributed by atoms with Gasteiger partial charge in [0.2, 0.25) is 0 Å². The van der Waals surface area contributed by atoms with Crippen LogP contribution in [0.25, 0.3) is 11.1 Å². The summed E-state index contributed by atoms with van der Waals surface area (Å²) in [6.07, 6.45) is 9.23. The van der Waals surface area contributed by atoms with Gasteiger partial charge in [0.15, 0.2) is 23.2 Å². The smallest absolute Gasteiger partial charge is 0.165 e. The molecule has 3 aromatic carbocycles. The number of ether oxygens (including phenoxy) is 2. The maximum absolute atomic E-state index is 15.1. The molecule has 0 atom stereocenters. The summed E-state index contributed by atoms with van der Waals surface area (Å²) in [4.78, 5) is 0. The van der Waals surface area contributed by atoms with E-state index in [2.05, 4.69) is 13.5 Å². The van der Waals surface area contributed by atoms with Crippen molar-refractivity contribution in [3.8, 4) is 16.9 Å². The molecule has 3 aromatic rings. The van der Waals surface area contributed by atoms with E-state index >= 15 is 8.78 Å². The van der Waals surface area contributed by atoms with Crippen LogP contribution in [-0.4, -0.2) is 19.3 Å². The molecular formula is C34H39F3O2. The second-order valence-electron chi connectivity index (χ2n) is 10.4. The molecule has 1 saturated carbocycles. The Labute approximate surface area is 230 Å². The Kier molecular flexibility index (Phi) is 10.7. The first-order valence-electron chi connectivity index (χ1n) is 14.2. The molecule has 0 saturated heterocycles. The van der Waals surface area contributed by atoms with E-state index < -0.39 is 17.5 Å². The van der Waals surface area contributed by atoms with Gasteiger partial charge in [-0.2, -0.15) is 0 Å². The van der Waals surface area contributed by atoms with Crippen molar-refractivity contribution < 1.29 is 22.6 Å². The van der Waals surface area contributed by atoms with Crippen LogP contribution in [0.3, 0.4) is 0 Å². The fourth-order valence-electron chi connectivity index (χ4n) is 5.24. The highest BCUT2D eigenvalue weighted by Crippen LogP contribution is 2.36. The van der Waals surface area contributed by atoms with Gasteiger partial charge in [0.25, 0.3) is 0 Å². The van der Waals surface area contributed by atoms with Crippen LogP contribution < -0.4 is 4.74 Å². The molecule has 1 aliphatic carbocycles. The minimum absolute atomic E-state index is 0.0460. The SMILES string of the molecule is C=CCCOc1ccc(-c2ccc(CCc3ccc(C4CCC(OCCCC)CC4)c(F)c3F)cc2)cc1F. The van der Waals surface area contributed by atoms with Crippen LogP contribution in [0.2, 0.25) is 0 Å². The molecule has 4 rings (SSSR count). The lowest BCUT2D eigenvalue weighted by atomic mass is 9.82. The zero-order chi connectivity index (χ0) is 27.6. The molecular weight excluding hydrogens is 497 g/mol. The Morgan fingerprint density at radius 3 is 2.28 bits per heavy atom. The zero-order valence-electron chi connectivity index (χ0n) is 22.9. The molecule has 208 valence electrons. The van der Waals surface area contributed by atoms with E-state index in [0.29, 0.717) is 37.0 Å². The third-order valence-electron chi connectivity index (χ3n) is 7.64. The zero-order valence-corrected chi connectivity index (χ0v) is 22.9. The molecule has 5 heteroatoms. The number of hydrogen-bond donors (Lipinski definition) is 0. The summed E-state index contributed by atoms with van der Waals surface area (Å²) in [5.74, 6) is -1.56. The molecule has 0 N–H and O–H groups in total. The van der Waals surface area contributed by atoms with Crippen molar-refractivity contribution >= 4 is 0 Å². The van der Waals surface area contributed by atoms with Gasteiger partial charge in [-0.3, -0.25) is 0 Å². The standard InChI is InChI=1S/C34H39F3O2/c1-3-5-21-38-29-17-13-26(14-18-29)30-19-15-27(33(36)34(30)37)12-9-24-7-10-25(11-8-24)28-16-20-32(31(35)23-28)39-22-6-4-2/h4,7-8,10-11,15-16,19-20,23,26,29H,2-3,5-6,9,12-14,17-18,21-22H2,1H3. The Morgan fingerprint density at radius 2 is 1.59 bits per heavy atom. The lowest BCUT2D eigenvalue weighted by Gasteiger charge is -2.29. The maximum atomic E-state index is 15.1. The third-order valence-corrected chi connectivity index (χ3v) is 7.64. The van der Waals surface area contributed by atoms with Crippen LogP contribution in [0.15, 0.2) is 67.3 Å². The predicted molar refractivity (Wildman–Crippen MR) is 152 cm³/mol. The fourth-order valence-corrected chi connectivity index (χ4v) is 5.24. The van der Waals surface area contributed by atoms with Crippen LogP contribution in [0, 0.1) is 17.5 Å². The largest absolute Gasteiger partial charge is 0.490 e. The van der Waals surface area contributed by atoms with Gasteiger partial charge in [-0.15, -0.1) is 6.58 Å². The highest BCUT2D eigenvalue weighted by molar-refractivity contribution is 5.64. The second-order valence-corrected chi connectivity index (χ2v) is 10.4. The number of hydrogen-bond acceptors (Lipinski definition) is 2. The lowest BCUT2D eigenvalue weighted by Crippen LogP contribution is -2.22. The minimum atomic E-state index is -0.726. The molecule has 0 radical (unpaired) electrons. The van der Waals surface area contributed by atoms with Crippen molar-refractivity contribution in [3.05, 3.63) is 101 Å². The molecule has 0 amide bonds. The van der Waals surface area contributed by atoms with E-state index in [9.17, 15) is 4.39 Å². The molecule has 0 bridgehead atoms. The quantitative estimate of drug-likeness (QED) is 0.160. The topological polar surface area (TPSA) is 18.5 Å². The van der Waals surface area contributed by atoms with Gasteiger partial charge in [0.1, 0.15) is 0 Å². The van der Waals surface area contributed by atoms with Gasteiger partial charge in [-0.25, -0.2) is 13.2 Å². The van der Waals surface area contributed by atoms with Gasteiger partial charge in [0.05, 0.1) is 12.7 Å². The van der Waals surface area contributed by atoms with Crippen LogP contribution in [0.5, 0.6) is 5.75 Å². The van der Waals surface area contributed by atoms with E-state index in [4.69, 9.17) is 9.47 Å². The molecule has 39 heavy (non-hydrogen) atoms. The summed E-state index contributed by atoms with van der Waals surface area (Å²) in [6, 6.07) is 16.2. The van der Waals surface area contributed by atoms with Crippen molar-refractivity contribution in [1.82, 2.24) is 0 Å². The van der Waals surface area contributed by atoms with Crippen molar-refractivity contribution in [2.45, 2.75) is 76.7 Å². The van der Waals surface area contributed by atoms with Gasteiger partial charge in [-0.05, 0) is 97.2 Å². The summed E-state index contributed by atoms with van der Waals surface area (Å²) in [6.45, 7) is 6.94. The predicted octanol–water partition coefficient (Wildman–Crippen LogP) is 9.35. The van der Waals surface area contributed by atoms with Crippen LogP contribution in [0.1, 0.15) is 74.5 Å². The number of benzene rings is 3. The van der Waals surface area contributed by atoms with Crippen LogP contribution >= 0.6 is 0 Å². The maximum Gasteiger partial charge on any atom is 0.165 e. The van der Waals surface area contributed by atoms with E-state index in [1.165, 1.54) is 6.07 Å². The first-order chi connectivity index (χ1) is 19.0. The molecule has 0 aliphatic heterocycles. The van der Waals surface area contributed by atoms with Crippen molar-refractivity contribution in [1.29, 1.82) is 0 Å². The summed E-state index contributed by atoms with van der Waals surface area (Å²) in [5, 5.41) is 0. The number of halogens is 3. The first kappa shape index (κ1) is 28.9. The average molecular weight is 537 g/mol. The highest BCUT2D eigenvalue weighted by atomic mass is 19.2. The summed E-state index contributed by atoms with van der Waals surface area (Å²) < 4.78 is 55.8. The summed E-state index contributed by atoms with van der Waals surface area (Å²) >= 11 is 0. The van der Waals surface area contributed by atoms with E-state index in [0.717, 1.165) is 61.8 Å². The Bertz CT molecular complexity index is 1210. The number of aryl methyl sites for hydroxylation is 2. The van der Waals surface area contributed by atoms with Gasteiger partial charge < -0.3 is 9.47 Å².